The summed E-state index contributed by atoms with van der Waals surface area (Å²) in [4.78, 5) is 0.682. The summed E-state index contributed by atoms with van der Waals surface area (Å²) in [6, 6.07) is 0. The van der Waals surface area contributed by atoms with Gasteiger partial charge in [0.1, 0.15) is 0 Å². The molecule has 1 nitrogen and oxygen atoms in total. The second kappa shape index (κ2) is 6.12. The SMILES string of the molecule is CC1CCC(CCCC(Br)C(C)C)O1. The summed E-state index contributed by atoms with van der Waals surface area (Å²) >= 11 is 3.72. The monoisotopic (exact) mass is 262 g/mol. The van der Waals surface area contributed by atoms with Crippen LogP contribution in [-0.2, 0) is 4.74 Å². The van der Waals surface area contributed by atoms with Crippen molar-refractivity contribution in [2.75, 3.05) is 0 Å². The summed E-state index contributed by atoms with van der Waals surface area (Å²) in [5, 5.41) is 0. The van der Waals surface area contributed by atoms with Crippen molar-refractivity contribution in [1.82, 2.24) is 0 Å². The smallest absolute Gasteiger partial charge is 0.0579 e. The van der Waals surface area contributed by atoms with Crippen LogP contribution >= 0.6 is 15.9 Å². The summed E-state index contributed by atoms with van der Waals surface area (Å²) < 4.78 is 5.79. The summed E-state index contributed by atoms with van der Waals surface area (Å²) in [5.74, 6) is 0.749. The Bertz CT molecular complexity index is 158. The fraction of sp³-hybridized carbons (Fsp3) is 1.00. The van der Waals surface area contributed by atoms with Gasteiger partial charge in [0, 0.05) is 4.83 Å². The van der Waals surface area contributed by atoms with E-state index in [1.54, 1.807) is 0 Å². The Labute approximate surface area is 96.7 Å². The maximum atomic E-state index is 5.79. The molecule has 1 saturated heterocycles. The number of halogens is 1. The van der Waals surface area contributed by atoms with E-state index in [0.717, 1.165) is 5.92 Å². The van der Waals surface area contributed by atoms with E-state index in [0.29, 0.717) is 17.0 Å². The van der Waals surface area contributed by atoms with Gasteiger partial charge in [0.25, 0.3) is 0 Å². The molecule has 1 fully saturated rings. The van der Waals surface area contributed by atoms with Gasteiger partial charge in [0.05, 0.1) is 12.2 Å². The van der Waals surface area contributed by atoms with Crippen molar-refractivity contribution in [2.24, 2.45) is 5.92 Å². The van der Waals surface area contributed by atoms with Gasteiger partial charge < -0.3 is 4.74 Å². The molecule has 84 valence electrons. The van der Waals surface area contributed by atoms with Crippen LogP contribution in [0.1, 0.15) is 52.9 Å². The highest BCUT2D eigenvalue weighted by molar-refractivity contribution is 9.09. The van der Waals surface area contributed by atoms with Crippen LogP contribution in [0.2, 0.25) is 0 Å². The molecule has 3 unspecified atom stereocenters. The molecule has 0 N–H and O–H groups in total. The molecule has 1 rings (SSSR count). The number of hydrogen-bond acceptors (Lipinski definition) is 1. The highest BCUT2D eigenvalue weighted by Crippen LogP contribution is 2.25. The average Bonchev–Trinajstić information content (AvgIpc) is 2.51. The highest BCUT2D eigenvalue weighted by Gasteiger charge is 2.21. The lowest BCUT2D eigenvalue weighted by atomic mass is 10.0. The molecule has 0 amide bonds. The first-order chi connectivity index (χ1) is 6.59. The van der Waals surface area contributed by atoms with Crippen molar-refractivity contribution in [2.45, 2.75) is 69.9 Å². The minimum atomic E-state index is 0.505. The summed E-state index contributed by atoms with van der Waals surface area (Å²) in [5.41, 5.74) is 0. The highest BCUT2D eigenvalue weighted by atomic mass is 79.9. The first kappa shape index (κ1) is 12.5. The molecule has 1 aliphatic heterocycles. The predicted octanol–water partition coefficient (Wildman–Crippen LogP) is 4.14. The van der Waals surface area contributed by atoms with E-state index < -0.39 is 0 Å². The molecule has 0 saturated carbocycles. The second-order valence-electron chi connectivity index (χ2n) is 4.84. The molecule has 0 bridgehead atoms. The van der Waals surface area contributed by atoms with Crippen LogP contribution in [0.15, 0.2) is 0 Å². The minimum Gasteiger partial charge on any atom is -0.375 e. The molecule has 0 radical (unpaired) electrons. The van der Waals surface area contributed by atoms with Crippen LogP contribution in [-0.4, -0.2) is 17.0 Å². The summed E-state index contributed by atoms with van der Waals surface area (Å²) in [6.07, 6.45) is 7.42. The Kier molecular flexibility index (Phi) is 5.47. The van der Waals surface area contributed by atoms with Crippen LogP contribution < -0.4 is 0 Å². The van der Waals surface area contributed by atoms with E-state index in [9.17, 15) is 0 Å². The molecular formula is C12H23BrO. The molecule has 0 aromatic rings. The van der Waals surface area contributed by atoms with Crippen LogP contribution in [0.25, 0.3) is 0 Å². The fourth-order valence-electron chi connectivity index (χ4n) is 1.97. The second-order valence-corrected chi connectivity index (χ2v) is 6.01. The third-order valence-corrected chi connectivity index (χ3v) is 4.56. The fourth-order valence-corrected chi connectivity index (χ4v) is 2.30. The van der Waals surface area contributed by atoms with E-state index in [-0.39, 0.29) is 0 Å². The van der Waals surface area contributed by atoms with Gasteiger partial charge in [0.2, 0.25) is 0 Å². The van der Waals surface area contributed by atoms with E-state index in [1.807, 2.05) is 0 Å². The van der Waals surface area contributed by atoms with Gasteiger partial charge in [-0.05, 0) is 44.9 Å². The van der Waals surface area contributed by atoms with Gasteiger partial charge in [-0.2, -0.15) is 0 Å². The number of rotatable bonds is 5. The molecular weight excluding hydrogens is 240 g/mol. The van der Waals surface area contributed by atoms with Gasteiger partial charge in [-0.25, -0.2) is 0 Å². The molecule has 3 atom stereocenters. The number of hydrogen-bond donors (Lipinski definition) is 0. The van der Waals surface area contributed by atoms with Gasteiger partial charge in [-0.1, -0.05) is 29.8 Å². The largest absolute Gasteiger partial charge is 0.375 e. The standard InChI is InChI=1S/C12H23BrO/c1-9(2)12(13)6-4-5-11-8-7-10(3)14-11/h9-12H,4-8H2,1-3H3. The zero-order chi connectivity index (χ0) is 10.6. The number of ether oxygens (including phenoxy) is 1. The quantitative estimate of drug-likeness (QED) is 0.677. The summed E-state index contributed by atoms with van der Waals surface area (Å²) in [7, 11) is 0. The van der Waals surface area contributed by atoms with E-state index in [4.69, 9.17) is 4.74 Å². The first-order valence-corrected chi connectivity index (χ1v) is 6.80. The molecule has 1 heterocycles. The Hall–Kier alpha value is 0.440. The maximum Gasteiger partial charge on any atom is 0.0579 e. The topological polar surface area (TPSA) is 9.23 Å². The normalized spacial score (nSPS) is 29.8. The lowest BCUT2D eigenvalue weighted by Gasteiger charge is -2.15. The van der Waals surface area contributed by atoms with Gasteiger partial charge in [-0.15, -0.1) is 0 Å². The van der Waals surface area contributed by atoms with Gasteiger partial charge >= 0.3 is 0 Å². The number of alkyl halides is 1. The third-order valence-electron chi connectivity index (χ3n) is 3.05. The van der Waals surface area contributed by atoms with Crippen molar-refractivity contribution in [3.05, 3.63) is 0 Å². The molecule has 14 heavy (non-hydrogen) atoms. The van der Waals surface area contributed by atoms with Crippen molar-refractivity contribution >= 4 is 15.9 Å². The zero-order valence-corrected chi connectivity index (χ0v) is 11.2. The van der Waals surface area contributed by atoms with Crippen LogP contribution in [0.4, 0.5) is 0 Å². The summed E-state index contributed by atoms with van der Waals surface area (Å²) in [6.45, 7) is 6.72. The third kappa shape index (κ3) is 4.31. The van der Waals surface area contributed by atoms with Crippen molar-refractivity contribution in [3.8, 4) is 0 Å². The molecule has 1 aliphatic rings. The van der Waals surface area contributed by atoms with Crippen molar-refractivity contribution < 1.29 is 4.74 Å². The molecule has 0 aromatic heterocycles. The van der Waals surface area contributed by atoms with Gasteiger partial charge in [0.15, 0.2) is 0 Å². The van der Waals surface area contributed by atoms with Crippen molar-refractivity contribution in [3.63, 3.8) is 0 Å². The Balaban J connectivity index is 2.04. The predicted molar refractivity (Wildman–Crippen MR) is 65.0 cm³/mol. The molecule has 0 aromatic carbocycles. The molecule has 0 spiro atoms. The van der Waals surface area contributed by atoms with E-state index in [2.05, 4.69) is 36.7 Å². The zero-order valence-electron chi connectivity index (χ0n) is 9.63. The molecule has 2 heteroatoms. The lowest BCUT2D eigenvalue weighted by molar-refractivity contribution is 0.0494. The Morgan fingerprint density at radius 2 is 2.07 bits per heavy atom. The lowest BCUT2D eigenvalue weighted by Crippen LogP contribution is -2.11. The Morgan fingerprint density at radius 1 is 1.36 bits per heavy atom. The first-order valence-electron chi connectivity index (χ1n) is 5.89. The van der Waals surface area contributed by atoms with E-state index in [1.165, 1.54) is 32.1 Å². The maximum absolute atomic E-state index is 5.79. The van der Waals surface area contributed by atoms with Crippen LogP contribution in [0.3, 0.4) is 0 Å². The average molecular weight is 263 g/mol. The van der Waals surface area contributed by atoms with Gasteiger partial charge in [-0.3, -0.25) is 0 Å². The van der Waals surface area contributed by atoms with Crippen LogP contribution in [0.5, 0.6) is 0 Å². The minimum absolute atomic E-state index is 0.505. The Morgan fingerprint density at radius 3 is 2.57 bits per heavy atom. The van der Waals surface area contributed by atoms with E-state index >= 15 is 0 Å². The van der Waals surface area contributed by atoms with Crippen molar-refractivity contribution in [1.29, 1.82) is 0 Å². The van der Waals surface area contributed by atoms with Crippen LogP contribution in [0, 0.1) is 5.92 Å². The molecule has 0 aliphatic carbocycles.